The summed E-state index contributed by atoms with van der Waals surface area (Å²) in [5.74, 6) is -5.36. The third-order valence-electron chi connectivity index (χ3n) is 13.3. The Balaban J connectivity index is 0.000000204. The van der Waals surface area contributed by atoms with Crippen molar-refractivity contribution in [3.8, 4) is 11.5 Å². The minimum atomic E-state index is -4.53. The Morgan fingerprint density at radius 3 is 1.65 bits per heavy atom. The second-order valence-corrected chi connectivity index (χ2v) is 19.7. The Morgan fingerprint density at radius 1 is 0.753 bits per heavy atom. The number of fused-ring (bicyclic) bond motifs is 8. The first kappa shape index (κ1) is 56.2. The van der Waals surface area contributed by atoms with Gasteiger partial charge >= 0.3 is 24.4 Å². The summed E-state index contributed by atoms with van der Waals surface area (Å²) in [6, 6.07) is 4.52. The smallest absolute Gasteiger partial charge is 0.391 e. The number of ether oxygens (including phenoxy) is 4. The summed E-state index contributed by atoms with van der Waals surface area (Å²) in [5, 5.41) is 23.8. The maximum absolute atomic E-state index is 13.6. The summed E-state index contributed by atoms with van der Waals surface area (Å²) in [7, 11) is 0. The molecule has 416 valence electrons. The van der Waals surface area contributed by atoms with Gasteiger partial charge < -0.3 is 39.0 Å². The fraction of sp³-hybridized carbons (Fsp3) is 0.551. The van der Waals surface area contributed by atoms with E-state index in [1.165, 1.54) is 46.7 Å². The highest BCUT2D eigenvalue weighted by atomic mass is 19.4. The molecule has 5 aliphatic heterocycles. The number of aromatic nitrogens is 6. The van der Waals surface area contributed by atoms with Crippen LogP contribution in [0.5, 0.6) is 11.5 Å². The lowest BCUT2D eigenvalue weighted by molar-refractivity contribution is -0.169. The second-order valence-electron chi connectivity index (χ2n) is 19.7. The molecule has 4 aromatic heterocycles. The van der Waals surface area contributed by atoms with Crippen molar-refractivity contribution in [2.75, 3.05) is 82.8 Å². The molecule has 9 rings (SSSR count). The number of rotatable bonds is 15. The van der Waals surface area contributed by atoms with Gasteiger partial charge in [-0.2, -0.15) is 26.3 Å². The zero-order valence-corrected chi connectivity index (χ0v) is 42.4. The maximum Gasteiger partial charge on any atom is 0.391 e. The number of carbonyl (C=O) groups is 4. The summed E-state index contributed by atoms with van der Waals surface area (Å²) < 4.78 is 100. The van der Waals surface area contributed by atoms with Gasteiger partial charge in [0.15, 0.2) is 29.1 Å². The number of nitrogens with zero attached hydrogens (tertiary/aromatic N) is 10. The Hall–Kier alpha value is -7.04. The van der Waals surface area contributed by atoms with Gasteiger partial charge in [-0.1, -0.05) is 13.8 Å². The molecule has 6 atom stereocenters. The third-order valence-corrected chi connectivity index (χ3v) is 13.3. The fourth-order valence-electron chi connectivity index (χ4n) is 9.17. The maximum atomic E-state index is 13.6. The number of urea groups is 2. The number of anilines is 6. The van der Waals surface area contributed by atoms with Crippen LogP contribution in [0.4, 0.5) is 70.6 Å². The molecule has 4 N–H and O–H groups in total. The molecule has 22 nitrogen and oxygen atoms in total. The highest BCUT2D eigenvalue weighted by Gasteiger charge is 2.43. The quantitative estimate of drug-likeness (QED) is 0.0723. The van der Waals surface area contributed by atoms with E-state index in [1.54, 1.807) is 12.1 Å². The van der Waals surface area contributed by atoms with Gasteiger partial charge in [0.2, 0.25) is 11.6 Å². The summed E-state index contributed by atoms with van der Waals surface area (Å²) in [6.45, 7) is 7.98. The number of aliphatic hydroxyl groups is 2. The van der Waals surface area contributed by atoms with Crippen molar-refractivity contribution in [2.45, 2.75) is 109 Å². The Labute approximate surface area is 437 Å². The van der Waals surface area contributed by atoms with E-state index in [1.807, 2.05) is 23.6 Å². The van der Waals surface area contributed by atoms with E-state index in [0.717, 1.165) is 26.7 Å². The monoisotopic (exact) mass is 1090 g/mol. The molecule has 77 heavy (non-hydrogen) atoms. The molecule has 0 unspecified atom stereocenters. The Bertz CT molecular complexity index is 2800. The molecule has 4 amide bonds. The molecule has 9 heterocycles. The van der Waals surface area contributed by atoms with E-state index < -0.39 is 79.2 Å². The zero-order valence-electron chi connectivity index (χ0n) is 42.4. The topological polar surface area (TPSA) is 260 Å². The highest BCUT2D eigenvalue weighted by Crippen LogP contribution is 2.40. The van der Waals surface area contributed by atoms with Crippen LogP contribution in [0.25, 0.3) is 0 Å². The van der Waals surface area contributed by atoms with Crippen molar-refractivity contribution in [1.82, 2.24) is 29.9 Å². The number of pyridine rings is 2. The van der Waals surface area contributed by atoms with E-state index in [4.69, 9.17) is 24.1 Å². The van der Waals surface area contributed by atoms with Crippen LogP contribution in [0.1, 0.15) is 87.5 Å². The lowest BCUT2D eigenvalue weighted by Crippen LogP contribution is -2.56. The summed E-state index contributed by atoms with van der Waals surface area (Å²) in [5.41, 5.74) is 1.05. The predicted octanol–water partition coefficient (Wildman–Crippen LogP) is 6.59. The second kappa shape index (κ2) is 23.3. The van der Waals surface area contributed by atoms with Gasteiger partial charge in [0.25, 0.3) is 0 Å². The number of halogens is 6. The van der Waals surface area contributed by atoms with E-state index in [0.29, 0.717) is 68.5 Å². The first-order valence-corrected chi connectivity index (χ1v) is 24.9. The van der Waals surface area contributed by atoms with Crippen LogP contribution in [0, 0.1) is 11.8 Å². The number of nitrogens with one attached hydrogen (secondary N) is 2. The molecule has 3 saturated heterocycles. The molecule has 0 radical (unpaired) electrons. The molecule has 0 aromatic carbocycles. The molecule has 5 aliphatic rings. The van der Waals surface area contributed by atoms with Gasteiger partial charge in [-0.15, -0.1) is 0 Å². The largest absolute Gasteiger partial charge is 0.491 e. The minimum Gasteiger partial charge on any atom is -0.491 e. The van der Waals surface area contributed by atoms with Crippen molar-refractivity contribution in [2.24, 2.45) is 11.8 Å². The lowest BCUT2D eigenvalue weighted by Gasteiger charge is -2.45. The number of amides is 4. The van der Waals surface area contributed by atoms with Crippen LogP contribution in [0.15, 0.2) is 49.1 Å². The molecule has 0 aliphatic carbocycles. The Kier molecular flexibility index (Phi) is 17.0. The number of hydrogen-bond donors (Lipinski definition) is 4. The molecule has 0 saturated carbocycles. The van der Waals surface area contributed by atoms with E-state index in [9.17, 15) is 50.6 Å². The molecule has 28 heteroatoms. The fourth-order valence-corrected chi connectivity index (χ4v) is 9.17. The number of carbonyl (C=O) groups excluding carboxylic acids is 4. The van der Waals surface area contributed by atoms with Crippen molar-refractivity contribution in [1.29, 1.82) is 0 Å². The van der Waals surface area contributed by atoms with Crippen molar-refractivity contribution >= 4 is 58.3 Å². The SMILES string of the molecule is C[C@@H](CC(=O)c1ncc2c(n1)N(C(=O)Nc1cc(OC[C@H](O)CO)ccn1)[C@H]1CCCN2C1)C(F)(F)F.C[C@@H](CC(=O)c1ncc2c(n1)N(C(=O)Nc1cc(OC[C@H]3COC(C)(C)O3)ccn1)[C@H]1CCCN2C1)C(F)(F)F. The number of aliphatic hydroxyl groups excluding tert-OH is 2. The van der Waals surface area contributed by atoms with Crippen molar-refractivity contribution in [3.05, 3.63) is 60.7 Å². The molecular weight excluding hydrogens is 1030 g/mol. The standard InChI is InChI=1S/C26H31F3N6O5.C23H27F3N6O5/c1-15(26(27,28)29)9-20(36)22-31-11-19-23(33-22)35(16-5-4-8-34(19)12-16)24(37)32-21-10-17(6-7-30-21)38-13-18-14-39-25(2,3)40-18;1-13(23(24,25)26)7-18(35)20-28-9-17-21(30-20)32(14-3-2-6-31(17)10-14)22(36)29-19-8-16(4-5-27-19)37-12-15(34)11-33/h6-7,10-11,15-16,18H,4-5,8-9,12-14H2,1-3H3,(H,30,32,37);4-5,8-9,13-15,33-34H,2-3,6-7,10-12H2,1H3,(H,27,29,36)/t15-,16-,18-;13-,14-,15+/m00/s1. The average Bonchev–Trinajstić information content (AvgIpc) is 3.84. The summed E-state index contributed by atoms with van der Waals surface area (Å²) in [4.78, 5) is 83.9. The number of hydrogen-bond acceptors (Lipinski definition) is 18. The van der Waals surface area contributed by atoms with Crippen LogP contribution in [0.3, 0.4) is 0 Å². The van der Waals surface area contributed by atoms with E-state index in [-0.39, 0.29) is 66.3 Å². The minimum absolute atomic E-state index is 0.143. The summed E-state index contributed by atoms with van der Waals surface area (Å²) >= 11 is 0. The molecular formula is C49H58F6N12O10. The average molecular weight is 1090 g/mol. The summed E-state index contributed by atoms with van der Waals surface area (Å²) in [6.07, 6.45) is -3.30. The van der Waals surface area contributed by atoms with E-state index in [2.05, 4.69) is 40.5 Å². The van der Waals surface area contributed by atoms with Gasteiger partial charge in [0.05, 0.1) is 60.9 Å². The highest BCUT2D eigenvalue weighted by molar-refractivity contribution is 6.05. The van der Waals surface area contributed by atoms with Crippen LogP contribution in [0.2, 0.25) is 0 Å². The number of alkyl halides is 6. The van der Waals surface area contributed by atoms with Gasteiger partial charge in [0.1, 0.15) is 48.6 Å². The molecule has 4 bridgehead atoms. The number of ketones is 2. The van der Waals surface area contributed by atoms with Crippen LogP contribution >= 0.6 is 0 Å². The first-order chi connectivity index (χ1) is 36.5. The zero-order chi connectivity index (χ0) is 55.4. The van der Waals surface area contributed by atoms with Gasteiger partial charge in [-0.25, -0.2) is 39.5 Å². The number of piperidine rings is 2. The predicted molar refractivity (Wildman–Crippen MR) is 263 cm³/mol. The molecule has 0 spiro atoms. The molecule has 4 aromatic rings. The number of Topliss-reactive ketones (excluding diaryl/α,β-unsaturated/α-hetero) is 2. The van der Waals surface area contributed by atoms with Crippen LogP contribution < -0.4 is 39.7 Å². The molecule has 3 fully saturated rings. The normalized spacial score (nSPS) is 20.6. The van der Waals surface area contributed by atoms with Gasteiger partial charge in [-0.3, -0.25) is 30.0 Å². The van der Waals surface area contributed by atoms with Crippen molar-refractivity contribution < 1.29 is 74.7 Å². The van der Waals surface area contributed by atoms with Crippen LogP contribution in [-0.4, -0.2) is 159 Å². The van der Waals surface area contributed by atoms with Gasteiger partial charge in [0, 0.05) is 63.5 Å². The van der Waals surface area contributed by atoms with Gasteiger partial charge in [-0.05, 0) is 51.7 Å². The lowest BCUT2D eigenvalue weighted by atomic mass is 10.00. The van der Waals surface area contributed by atoms with Crippen molar-refractivity contribution in [3.63, 3.8) is 0 Å². The Morgan fingerprint density at radius 2 is 1.22 bits per heavy atom. The first-order valence-electron chi connectivity index (χ1n) is 24.9. The van der Waals surface area contributed by atoms with Crippen LogP contribution in [-0.2, 0) is 9.47 Å². The third kappa shape index (κ3) is 13.7. The van der Waals surface area contributed by atoms with E-state index >= 15 is 0 Å².